The molecule has 1 rings (SSSR count). The molecule has 0 radical (unpaired) electrons. The molecule has 0 saturated carbocycles. The number of halogens is 1. The van der Waals surface area contributed by atoms with E-state index < -0.39 is 0 Å². The fourth-order valence-electron chi connectivity index (χ4n) is 1.85. The van der Waals surface area contributed by atoms with Gasteiger partial charge in [-0.1, -0.05) is 35.8 Å². The van der Waals surface area contributed by atoms with E-state index in [4.69, 9.17) is 0 Å². The summed E-state index contributed by atoms with van der Waals surface area (Å²) in [5.74, 6) is 0. The lowest BCUT2D eigenvalue weighted by Gasteiger charge is -2.16. The zero-order valence-electron chi connectivity index (χ0n) is 10.8. The fraction of sp³-hybridized carbons (Fsp3) is 0.538. The highest BCUT2D eigenvalue weighted by atomic mass is 79.9. The number of hydrogen-bond donors (Lipinski definition) is 1. The third-order valence-electron chi connectivity index (χ3n) is 2.89. The van der Waals surface area contributed by atoms with E-state index in [1.165, 1.54) is 0 Å². The molecule has 1 aromatic rings. The first-order chi connectivity index (χ1) is 8.58. The number of hydrogen-bond acceptors (Lipinski definition) is 3. The summed E-state index contributed by atoms with van der Waals surface area (Å²) in [5, 5.41) is 14.4. The predicted octanol–water partition coefficient (Wildman–Crippen LogP) is 3.68. The Hall–Kier alpha value is -0.940. The quantitative estimate of drug-likeness (QED) is 0.617. The molecule has 100 valence electrons. The van der Waals surface area contributed by atoms with Crippen LogP contribution in [0, 0.1) is 10.1 Å². The summed E-state index contributed by atoms with van der Waals surface area (Å²) in [6.07, 6.45) is 2.73. The predicted molar refractivity (Wildman–Crippen MR) is 76.9 cm³/mol. The van der Waals surface area contributed by atoms with Gasteiger partial charge >= 0.3 is 0 Å². The monoisotopic (exact) mass is 314 g/mol. The average Bonchev–Trinajstić information content (AvgIpc) is 2.35. The summed E-state index contributed by atoms with van der Waals surface area (Å²) in [6, 6.07) is 5.56. The zero-order chi connectivity index (χ0) is 13.5. The minimum Gasteiger partial charge on any atom is -0.314 e. The molecule has 1 aromatic carbocycles. The van der Waals surface area contributed by atoms with E-state index >= 15 is 0 Å². The van der Waals surface area contributed by atoms with Gasteiger partial charge in [-0.2, -0.15) is 0 Å². The van der Waals surface area contributed by atoms with Gasteiger partial charge in [0.25, 0.3) is 5.69 Å². The standard InChI is InChI=1S/C13H19BrN2O2/c1-3-7-15-12(4-2)8-10-5-6-11(14)9-13(10)16(17)18/h5-6,9,12,15H,3-4,7-8H2,1-2H3. The van der Waals surface area contributed by atoms with Crippen molar-refractivity contribution in [1.29, 1.82) is 0 Å². The van der Waals surface area contributed by atoms with E-state index in [2.05, 4.69) is 35.1 Å². The maximum absolute atomic E-state index is 11.0. The van der Waals surface area contributed by atoms with Crippen molar-refractivity contribution in [2.75, 3.05) is 6.54 Å². The van der Waals surface area contributed by atoms with E-state index in [9.17, 15) is 10.1 Å². The molecule has 0 aliphatic heterocycles. The highest BCUT2D eigenvalue weighted by Crippen LogP contribution is 2.25. The molecule has 0 heterocycles. The smallest absolute Gasteiger partial charge is 0.273 e. The molecule has 18 heavy (non-hydrogen) atoms. The second-order valence-corrected chi connectivity index (χ2v) is 5.21. The summed E-state index contributed by atoms with van der Waals surface area (Å²) in [7, 11) is 0. The Morgan fingerprint density at radius 1 is 1.44 bits per heavy atom. The highest BCUT2D eigenvalue weighted by molar-refractivity contribution is 9.10. The molecule has 1 unspecified atom stereocenters. The maximum atomic E-state index is 11.0. The van der Waals surface area contributed by atoms with Crippen LogP contribution in [-0.4, -0.2) is 17.5 Å². The molecule has 1 N–H and O–H groups in total. The van der Waals surface area contributed by atoms with E-state index in [1.54, 1.807) is 6.07 Å². The van der Waals surface area contributed by atoms with Crippen molar-refractivity contribution in [3.8, 4) is 0 Å². The molecule has 0 spiro atoms. The third-order valence-corrected chi connectivity index (χ3v) is 3.38. The van der Waals surface area contributed by atoms with Crippen LogP contribution in [0.25, 0.3) is 0 Å². The minimum atomic E-state index is -0.313. The number of nitrogens with one attached hydrogen (secondary N) is 1. The summed E-state index contributed by atoms with van der Waals surface area (Å²) < 4.78 is 0.743. The van der Waals surface area contributed by atoms with Crippen LogP contribution in [0.5, 0.6) is 0 Å². The van der Waals surface area contributed by atoms with E-state index in [0.717, 1.165) is 29.4 Å². The Morgan fingerprint density at radius 2 is 2.17 bits per heavy atom. The first-order valence-electron chi connectivity index (χ1n) is 6.24. The average molecular weight is 315 g/mol. The van der Waals surface area contributed by atoms with E-state index in [-0.39, 0.29) is 10.6 Å². The van der Waals surface area contributed by atoms with E-state index in [1.807, 2.05) is 12.1 Å². The van der Waals surface area contributed by atoms with Crippen molar-refractivity contribution in [1.82, 2.24) is 5.32 Å². The number of nitro groups is 1. The van der Waals surface area contributed by atoms with Crippen LogP contribution >= 0.6 is 15.9 Å². The van der Waals surface area contributed by atoms with Gasteiger partial charge in [0.05, 0.1) is 4.92 Å². The van der Waals surface area contributed by atoms with Gasteiger partial charge in [0.1, 0.15) is 0 Å². The lowest BCUT2D eigenvalue weighted by molar-refractivity contribution is -0.385. The van der Waals surface area contributed by atoms with Crippen molar-refractivity contribution in [3.05, 3.63) is 38.3 Å². The Labute approximate surface area is 116 Å². The molecule has 0 amide bonds. The Morgan fingerprint density at radius 3 is 2.72 bits per heavy atom. The molecule has 1 atom stereocenters. The van der Waals surface area contributed by atoms with Gasteiger partial charge in [0.2, 0.25) is 0 Å². The van der Waals surface area contributed by atoms with Gasteiger partial charge in [-0.25, -0.2) is 0 Å². The zero-order valence-corrected chi connectivity index (χ0v) is 12.4. The van der Waals surface area contributed by atoms with Crippen LogP contribution in [0.3, 0.4) is 0 Å². The van der Waals surface area contributed by atoms with Gasteiger partial charge < -0.3 is 5.32 Å². The Balaban J connectivity index is 2.84. The summed E-state index contributed by atoms with van der Waals surface area (Å²) in [6.45, 7) is 5.16. The lowest BCUT2D eigenvalue weighted by Crippen LogP contribution is -2.31. The van der Waals surface area contributed by atoms with E-state index in [0.29, 0.717) is 12.5 Å². The van der Waals surface area contributed by atoms with Crippen LogP contribution < -0.4 is 5.32 Å². The molecule has 5 heteroatoms. The molecular weight excluding hydrogens is 296 g/mol. The largest absolute Gasteiger partial charge is 0.314 e. The fourth-order valence-corrected chi connectivity index (χ4v) is 2.20. The van der Waals surface area contributed by atoms with Crippen molar-refractivity contribution >= 4 is 21.6 Å². The van der Waals surface area contributed by atoms with Crippen LogP contribution in [0.1, 0.15) is 32.3 Å². The maximum Gasteiger partial charge on any atom is 0.273 e. The van der Waals surface area contributed by atoms with Crippen molar-refractivity contribution in [2.45, 2.75) is 39.2 Å². The van der Waals surface area contributed by atoms with Crippen LogP contribution in [0.4, 0.5) is 5.69 Å². The summed E-state index contributed by atoms with van der Waals surface area (Å²) in [4.78, 5) is 10.7. The third kappa shape index (κ3) is 4.38. The van der Waals surface area contributed by atoms with Crippen LogP contribution in [-0.2, 0) is 6.42 Å². The molecule has 4 nitrogen and oxygen atoms in total. The molecule has 0 aliphatic carbocycles. The van der Waals surface area contributed by atoms with Gasteiger partial charge in [0, 0.05) is 22.1 Å². The Kier molecular flexibility index (Phi) is 6.29. The molecule has 0 aliphatic rings. The topological polar surface area (TPSA) is 55.2 Å². The first-order valence-corrected chi connectivity index (χ1v) is 7.04. The molecule has 0 saturated heterocycles. The number of rotatable bonds is 7. The van der Waals surface area contributed by atoms with Gasteiger partial charge in [-0.05, 0) is 31.9 Å². The number of nitrogens with zero attached hydrogens (tertiary/aromatic N) is 1. The van der Waals surface area contributed by atoms with Gasteiger partial charge in [-0.15, -0.1) is 0 Å². The second kappa shape index (κ2) is 7.48. The number of benzene rings is 1. The lowest BCUT2D eigenvalue weighted by atomic mass is 10.0. The second-order valence-electron chi connectivity index (χ2n) is 4.29. The number of nitro benzene ring substituents is 1. The molecule has 0 fully saturated rings. The Bertz CT molecular complexity index is 410. The highest BCUT2D eigenvalue weighted by Gasteiger charge is 2.17. The van der Waals surface area contributed by atoms with Crippen molar-refractivity contribution < 1.29 is 4.92 Å². The molecule has 0 aromatic heterocycles. The molecular formula is C13H19BrN2O2. The summed E-state index contributed by atoms with van der Waals surface area (Å²) in [5.41, 5.74) is 0.986. The normalized spacial score (nSPS) is 12.4. The van der Waals surface area contributed by atoms with Crippen LogP contribution in [0.15, 0.2) is 22.7 Å². The van der Waals surface area contributed by atoms with Gasteiger partial charge in [-0.3, -0.25) is 10.1 Å². The van der Waals surface area contributed by atoms with Crippen molar-refractivity contribution in [2.24, 2.45) is 0 Å². The molecule has 0 bridgehead atoms. The first kappa shape index (κ1) is 15.1. The van der Waals surface area contributed by atoms with Gasteiger partial charge in [0.15, 0.2) is 0 Å². The van der Waals surface area contributed by atoms with Crippen LogP contribution in [0.2, 0.25) is 0 Å². The SMILES string of the molecule is CCCNC(CC)Cc1ccc(Br)cc1[N+](=O)[O-]. The minimum absolute atomic E-state index is 0.195. The summed E-state index contributed by atoms with van der Waals surface area (Å²) >= 11 is 3.27. The van der Waals surface area contributed by atoms with Crippen molar-refractivity contribution in [3.63, 3.8) is 0 Å².